The fourth-order valence-corrected chi connectivity index (χ4v) is 3.46. The lowest BCUT2D eigenvalue weighted by atomic mass is 10.2. The third kappa shape index (κ3) is 3.43. The Morgan fingerprint density at radius 2 is 1.91 bits per heavy atom. The first kappa shape index (κ1) is 15.7. The topological polar surface area (TPSA) is 74.8 Å². The van der Waals surface area contributed by atoms with Gasteiger partial charge in [-0.1, -0.05) is 43.7 Å². The summed E-state index contributed by atoms with van der Waals surface area (Å²) in [6.45, 7) is 2.48. The van der Waals surface area contributed by atoms with Crippen molar-refractivity contribution in [3.63, 3.8) is 0 Å². The molecule has 0 bridgehead atoms. The number of sulfonamides is 1. The third-order valence-corrected chi connectivity index (χ3v) is 5.09. The van der Waals surface area contributed by atoms with Crippen LogP contribution in [0.2, 0.25) is 0 Å². The lowest BCUT2D eigenvalue weighted by Crippen LogP contribution is -2.24. The molecule has 0 aliphatic carbocycles. The van der Waals surface area contributed by atoms with Crippen molar-refractivity contribution in [1.82, 2.24) is 14.7 Å². The number of aromatic nitrogens is 2. The molecule has 120 valence electrons. The Bertz CT molecular complexity index is 902. The number of hydrogen-bond donors (Lipinski definition) is 2. The van der Waals surface area contributed by atoms with Gasteiger partial charge in [-0.15, -0.1) is 0 Å². The molecule has 3 rings (SSSR count). The number of aromatic amines is 1. The molecule has 0 unspecified atom stereocenters. The van der Waals surface area contributed by atoms with E-state index in [1.807, 2.05) is 37.3 Å². The lowest BCUT2D eigenvalue weighted by Gasteiger charge is -2.05. The van der Waals surface area contributed by atoms with Crippen LogP contribution in [0, 0.1) is 0 Å². The minimum Gasteiger partial charge on any atom is -0.338 e. The first-order chi connectivity index (χ1) is 11.1. The third-order valence-electron chi connectivity index (χ3n) is 3.63. The predicted octanol–water partition coefficient (Wildman–Crippen LogP) is 3.31. The van der Waals surface area contributed by atoms with E-state index in [-0.39, 0.29) is 4.90 Å². The maximum absolute atomic E-state index is 12.3. The molecule has 0 fully saturated rings. The van der Waals surface area contributed by atoms with Crippen LogP contribution >= 0.6 is 0 Å². The van der Waals surface area contributed by atoms with Crippen LogP contribution in [-0.2, 0) is 10.0 Å². The predicted molar refractivity (Wildman–Crippen MR) is 91.6 cm³/mol. The van der Waals surface area contributed by atoms with Crippen LogP contribution in [0.1, 0.15) is 19.8 Å². The molecular weight excluding hydrogens is 310 g/mol. The summed E-state index contributed by atoms with van der Waals surface area (Å²) in [6, 6.07) is 14.7. The highest BCUT2D eigenvalue weighted by Crippen LogP contribution is 2.22. The summed E-state index contributed by atoms with van der Waals surface area (Å²) in [5, 5.41) is 0. The van der Waals surface area contributed by atoms with Gasteiger partial charge in [0.05, 0.1) is 15.9 Å². The van der Waals surface area contributed by atoms with Crippen LogP contribution in [0.5, 0.6) is 0 Å². The van der Waals surface area contributed by atoms with Crippen molar-refractivity contribution in [2.45, 2.75) is 24.7 Å². The number of hydrogen-bond acceptors (Lipinski definition) is 3. The molecule has 0 atom stereocenters. The molecule has 1 heterocycles. The summed E-state index contributed by atoms with van der Waals surface area (Å²) >= 11 is 0. The molecular formula is C17H19N3O2S. The number of unbranched alkanes of at least 4 members (excludes halogenated alkanes) is 1. The Hall–Kier alpha value is -2.18. The molecule has 2 N–H and O–H groups in total. The van der Waals surface area contributed by atoms with Crippen LogP contribution < -0.4 is 4.72 Å². The van der Waals surface area contributed by atoms with Gasteiger partial charge in [0.15, 0.2) is 0 Å². The van der Waals surface area contributed by atoms with E-state index in [1.54, 1.807) is 18.2 Å². The summed E-state index contributed by atoms with van der Waals surface area (Å²) in [6.07, 6.45) is 1.77. The van der Waals surface area contributed by atoms with E-state index < -0.39 is 10.0 Å². The van der Waals surface area contributed by atoms with Crippen LogP contribution in [0.15, 0.2) is 53.4 Å². The van der Waals surface area contributed by atoms with Crippen molar-refractivity contribution in [3.05, 3.63) is 48.5 Å². The van der Waals surface area contributed by atoms with Gasteiger partial charge in [-0.3, -0.25) is 0 Å². The van der Waals surface area contributed by atoms with Crippen molar-refractivity contribution in [2.75, 3.05) is 6.54 Å². The molecule has 3 aromatic rings. The Morgan fingerprint density at radius 3 is 2.65 bits per heavy atom. The summed E-state index contributed by atoms with van der Waals surface area (Å²) in [5.74, 6) is 0.731. The van der Waals surface area contributed by atoms with E-state index in [9.17, 15) is 8.42 Å². The zero-order chi connectivity index (χ0) is 16.3. The molecule has 0 radical (unpaired) electrons. The standard InChI is InChI=1S/C17H19N3O2S/c1-2-3-11-18-23(21,22)14-9-10-15-16(12-14)20-17(19-15)13-7-5-4-6-8-13/h4-10,12,18H,2-3,11H2,1H3,(H,19,20). The normalized spacial score (nSPS) is 11.9. The van der Waals surface area contributed by atoms with Crippen LogP contribution in [0.25, 0.3) is 22.4 Å². The maximum Gasteiger partial charge on any atom is 0.240 e. The highest BCUT2D eigenvalue weighted by molar-refractivity contribution is 7.89. The zero-order valence-electron chi connectivity index (χ0n) is 12.9. The number of nitrogens with zero attached hydrogens (tertiary/aromatic N) is 1. The average molecular weight is 329 g/mol. The van der Waals surface area contributed by atoms with E-state index in [2.05, 4.69) is 14.7 Å². The smallest absolute Gasteiger partial charge is 0.240 e. The number of rotatable bonds is 6. The van der Waals surface area contributed by atoms with E-state index in [1.165, 1.54) is 0 Å². The summed E-state index contributed by atoms with van der Waals surface area (Å²) < 4.78 is 27.2. The second-order valence-corrected chi connectivity index (χ2v) is 7.15. The summed E-state index contributed by atoms with van der Waals surface area (Å²) in [4.78, 5) is 7.95. The van der Waals surface area contributed by atoms with Crippen molar-refractivity contribution in [3.8, 4) is 11.4 Å². The van der Waals surface area contributed by atoms with Gasteiger partial charge in [-0.05, 0) is 24.6 Å². The minimum atomic E-state index is -3.48. The van der Waals surface area contributed by atoms with E-state index in [4.69, 9.17) is 0 Å². The molecule has 0 aliphatic heterocycles. The van der Waals surface area contributed by atoms with E-state index >= 15 is 0 Å². The van der Waals surface area contributed by atoms with Gasteiger partial charge in [0.2, 0.25) is 10.0 Å². The molecule has 1 aromatic heterocycles. The highest BCUT2D eigenvalue weighted by Gasteiger charge is 2.15. The van der Waals surface area contributed by atoms with Crippen molar-refractivity contribution in [2.24, 2.45) is 0 Å². The Labute approximate surface area is 135 Å². The maximum atomic E-state index is 12.3. The zero-order valence-corrected chi connectivity index (χ0v) is 13.7. The minimum absolute atomic E-state index is 0.254. The number of fused-ring (bicyclic) bond motifs is 1. The van der Waals surface area contributed by atoms with E-state index in [0.717, 1.165) is 29.7 Å². The molecule has 5 nitrogen and oxygen atoms in total. The van der Waals surface area contributed by atoms with Crippen LogP contribution in [0.4, 0.5) is 0 Å². The molecule has 6 heteroatoms. The van der Waals surface area contributed by atoms with Crippen LogP contribution in [0.3, 0.4) is 0 Å². The van der Waals surface area contributed by atoms with Crippen molar-refractivity contribution >= 4 is 21.1 Å². The van der Waals surface area contributed by atoms with Gasteiger partial charge in [0.1, 0.15) is 5.82 Å². The second kappa shape index (κ2) is 6.52. The lowest BCUT2D eigenvalue weighted by molar-refractivity contribution is 0.578. The van der Waals surface area contributed by atoms with Gasteiger partial charge >= 0.3 is 0 Å². The van der Waals surface area contributed by atoms with Gasteiger partial charge in [0.25, 0.3) is 0 Å². The fraction of sp³-hybridized carbons (Fsp3) is 0.235. The van der Waals surface area contributed by atoms with Crippen molar-refractivity contribution < 1.29 is 8.42 Å². The van der Waals surface area contributed by atoms with Gasteiger partial charge in [-0.25, -0.2) is 18.1 Å². The molecule has 0 saturated heterocycles. The number of nitrogens with one attached hydrogen (secondary N) is 2. The summed E-state index contributed by atoms with van der Waals surface area (Å²) in [7, 11) is -3.48. The number of imidazole rings is 1. The Kier molecular flexibility index (Phi) is 4.45. The van der Waals surface area contributed by atoms with Crippen molar-refractivity contribution in [1.29, 1.82) is 0 Å². The summed E-state index contributed by atoms with van der Waals surface area (Å²) in [5.41, 5.74) is 2.42. The van der Waals surface area contributed by atoms with Gasteiger partial charge in [-0.2, -0.15) is 0 Å². The second-order valence-electron chi connectivity index (χ2n) is 5.38. The van der Waals surface area contributed by atoms with E-state index in [0.29, 0.717) is 12.1 Å². The first-order valence-electron chi connectivity index (χ1n) is 7.65. The molecule has 2 aromatic carbocycles. The fourth-order valence-electron chi connectivity index (χ4n) is 2.36. The van der Waals surface area contributed by atoms with Crippen LogP contribution in [-0.4, -0.2) is 24.9 Å². The first-order valence-corrected chi connectivity index (χ1v) is 9.13. The quantitative estimate of drug-likeness (QED) is 0.681. The number of H-pyrrole nitrogens is 1. The Morgan fingerprint density at radius 1 is 1.13 bits per heavy atom. The monoisotopic (exact) mass is 329 g/mol. The highest BCUT2D eigenvalue weighted by atomic mass is 32.2. The average Bonchev–Trinajstić information content (AvgIpc) is 2.99. The molecule has 0 aliphatic rings. The molecule has 23 heavy (non-hydrogen) atoms. The largest absolute Gasteiger partial charge is 0.338 e. The Balaban J connectivity index is 1.93. The molecule has 0 saturated carbocycles. The molecule has 0 amide bonds. The number of benzene rings is 2. The van der Waals surface area contributed by atoms with Gasteiger partial charge < -0.3 is 4.98 Å². The van der Waals surface area contributed by atoms with Gasteiger partial charge in [0, 0.05) is 12.1 Å². The SMILES string of the molecule is CCCCNS(=O)(=O)c1ccc2nc(-c3ccccc3)[nH]c2c1. The molecule has 0 spiro atoms.